The Bertz CT molecular complexity index is 904. The zero-order valence-corrected chi connectivity index (χ0v) is 17.9. The van der Waals surface area contributed by atoms with Crippen LogP contribution in [0.5, 0.6) is 0 Å². The Morgan fingerprint density at radius 1 is 1.29 bits per heavy atom. The molecule has 1 heterocycles. The fourth-order valence-corrected chi connectivity index (χ4v) is 4.62. The number of carbonyl (C=O) groups excluding carboxylic acids is 1. The third-order valence-electron chi connectivity index (χ3n) is 5.31. The smallest absolute Gasteiger partial charge is 0.272 e. The van der Waals surface area contributed by atoms with Crippen LogP contribution in [0.3, 0.4) is 0 Å². The Labute approximate surface area is 172 Å². The molecule has 2 aromatic rings. The summed E-state index contributed by atoms with van der Waals surface area (Å²) in [6.07, 6.45) is 2.78. The second-order valence-corrected chi connectivity index (χ2v) is 8.79. The minimum Gasteiger partial charge on any atom is -0.364 e. The third-order valence-corrected chi connectivity index (χ3v) is 5.64. The maximum atomic E-state index is 12.2. The minimum absolute atomic E-state index is 0.124. The summed E-state index contributed by atoms with van der Waals surface area (Å²) in [6.45, 7) is 11.4. The average Bonchev–Trinajstić information content (AvgIpc) is 2.61. The molecule has 1 aliphatic heterocycles. The van der Waals surface area contributed by atoms with E-state index in [0.717, 1.165) is 12.0 Å². The monoisotopic (exact) mass is 397 g/mol. The van der Waals surface area contributed by atoms with Crippen molar-refractivity contribution in [2.24, 2.45) is 5.10 Å². The van der Waals surface area contributed by atoms with Gasteiger partial charge in [0.15, 0.2) is 0 Å². The highest BCUT2D eigenvalue weighted by atomic mass is 35.5. The molecule has 0 saturated carbocycles. The molecule has 1 aliphatic rings. The van der Waals surface area contributed by atoms with Gasteiger partial charge in [0.25, 0.3) is 5.91 Å². The molecule has 0 bridgehead atoms. The standard InChI is InChI=1S/C23H28ClN3O/c1-15(2)27-21-11-10-17(12-19(21)16(3)13-23(27,4)5)14-25-26-22(28)18-8-6-7-9-20(18)24/h6-12,14-16H,13H2,1-5H3,(H,26,28)/b25-14+. The van der Waals surface area contributed by atoms with E-state index < -0.39 is 0 Å². The van der Waals surface area contributed by atoms with E-state index in [1.807, 2.05) is 6.07 Å². The van der Waals surface area contributed by atoms with E-state index in [9.17, 15) is 4.79 Å². The van der Waals surface area contributed by atoms with Crippen LogP contribution in [0.4, 0.5) is 5.69 Å². The Morgan fingerprint density at radius 3 is 2.68 bits per heavy atom. The molecule has 148 valence electrons. The molecule has 28 heavy (non-hydrogen) atoms. The second kappa shape index (κ2) is 7.96. The van der Waals surface area contributed by atoms with Gasteiger partial charge >= 0.3 is 0 Å². The topological polar surface area (TPSA) is 44.7 Å². The predicted octanol–water partition coefficient (Wildman–Crippen LogP) is 5.60. The SMILES string of the molecule is CC1CC(C)(C)N(C(C)C)c2ccc(/C=N/NC(=O)c3ccccc3Cl)cc21. The molecular formula is C23H28ClN3O. The molecule has 5 heteroatoms. The van der Waals surface area contributed by atoms with Crippen molar-refractivity contribution in [2.75, 3.05) is 4.90 Å². The van der Waals surface area contributed by atoms with Crippen molar-refractivity contribution in [2.45, 2.75) is 58.5 Å². The number of benzene rings is 2. The molecule has 1 amide bonds. The average molecular weight is 398 g/mol. The summed E-state index contributed by atoms with van der Waals surface area (Å²) in [5, 5.41) is 4.53. The minimum atomic E-state index is -0.319. The zero-order valence-electron chi connectivity index (χ0n) is 17.2. The molecule has 3 rings (SSSR count). The molecule has 0 saturated heterocycles. The number of carbonyl (C=O) groups is 1. The summed E-state index contributed by atoms with van der Waals surface area (Å²) >= 11 is 6.06. The number of hydrogen-bond donors (Lipinski definition) is 1. The lowest BCUT2D eigenvalue weighted by Gasteiger charge is -2.50. The highest BCUT2D eigenvalue weighted by molar-refractivity contribution is 6.33. The molecule has 1 unspecified atom stereocenters. The number of nitrogens with zero attached hydrogens (tertiary/aromatic N) is 2. The molecule has 0 spiro atoms. The summed E-state index contributed by atoms with van der Waals surface area (Å²) in [5.74, 6) is 0.145. The van der Waals surface area contributed by atoms with Crippen molar-refractivity contribution in [3.05, 3.63) is 64.2 Å². The molecule has 0 aliphatic carbocycles. The number of fused-ring (bicyclic) bond motifs is 1. The van der Waals surface area contributed by atoms with Gasteiger partial charge in [0.2, 0.25) is 0 Å². The van der Waals surface area contributed by atoms with Gasteiger partial charge in [0.05, 0.1) is 16.8 Å². The Balaban J connectivity index is 1.80. The van der Waals surface area contributed by atoms with Crippen LogP contribution in [0.25, 0.3) is 0 Å². The van der Waals surface area contributed by atoms with Crippen molar-refractivity contribution in [3.63, 3.8) is 0 Å². The Kier molecular flexibility index (Phi) is 5.80. The molecule has 0 aromatic heterocycles. The van der Waals surface area contributed by atoms with Crippen LogP contribution >= 0.6 is 11.6 Å². The van der Waals surface area contributed by atoms with E-state index in [4.69, 9.17) is 11.6 Å². The summed E-state index contributed by atoms with van der Waals surface area (Å²) in [5.41, 5.74) is 6.67. The van der Waals surface area contributed by atoms with Crippen molar-refractivity contribution in [3.8, 4) is 0 Å². The van der Waals surface area contributed by atoms with E-state index in [2.05, 4.69) is 62.2 Å². The van der Waals surface area contributed by atoms with Crippen molar-refractivity contribution < 1.29 is 4.79 Å². The Hall–Kier alpha value is -2.33. The van der Waals surface area contributed by atoms with E-state index in [-0.39, 0.29) is 11.4 Å². The molecule has 0 fully saturated rings. The Morgan fingerprint density at radius 2 is 2.00 bits per heavy atom. The van der Waals surface area contributed by atoms with E-state index >= 15 is 0 Å². The van der Waals surface area contributed by atoms with Gasteiger partial charge in [0, 0.05) is 17.3 Å². The number of nitrogens with one attached hydrogen (secondary N) is 1. The predicted molar refractivity (Wildman–Crippen MR) is 118 cm³/mol. The van der Waals surface area contributed by atoms with E-state index in [1.54, 1.807) is 30.5 Å². The maximum Gasteiger partial charge on any atom is 0.272 e. The first-order chi connectivity index (χ1) is 13.2. The lowest BCUT2D eigenvalue weighted by molar-refractivity contribution is 0.0955. The maximum absolute atomic E-state index is 12.2. The molecular weight excluding hydrogens is 370 g/mol. The fourth-order valence-electron chi connectivity index (χ4n) is 4.40. The largest absolute Gasteiger partial charge is 0.364 e. The fraction of sp³-hybridized carbons (Fsp3) is 0.391. The molecule has 2 aromatic carbocycles. The summed E-state index contributed by atoms with van der Waals surface area (Å²) < 4.78 is 0. The number of hydrogen-bond acceptors (Lipinski definition) is 3. The van der Waals surface area contributed by atoms with Gasteiger partial charge < -0.3 is 4.90 Å². The normalized spacial score (nSPS) is 18.4. The highest BCUT2D eigenvalue weighted by Crippen LogP contribution is 2.44. The van der Waals surface area contributed by atoms with Gasteiger partial charge in [0.1, 0.15) is 0 Å². The van der Waals surface area contributed by atoms with Crippen LogP contribution in [0.1, 0.15) is 68.4 Å². The second-order valence-electron chi connectivity index (χ2n) is 8.38. The quantitative estimate of drug-likeness (QED) is 0.538. The first-order valence-electron chi connectivity index (χ1n) is 9.72. The molecule has 4 nitrogen and oxygen atoms in total. The van der Waals surface area contributed by atoms with Crippen LogP contribution in [0.2, 0.25) is 5.02 Å². The molecule has 1 atom stereocenters. The lowest BCUT2D eigenvalue weighted by Crippen LogP contribution is -2.51. The van der Waals surface area contributed by atoms with Gasteiger partial charge in [-0.25, -0.2) is 5.43 Å². The van der Waals surface area contributed by atoms with Crippen LogP contribution in [-0.4, -0.2) is 23.7 Å². The summed E-state index contributed by atoms with van der Waals surface area (Å²) in [6, 6.07) is 13.8. The number of hydrazone groups is 1. The van der Waals surface area contributed by atoms with Crippen LogP contribution in [0.15, 0.2) is 47.6 Å². The van der Waals surface area contributed by atoms with E-state index in [1.165, 1.54) is 11.3 Å². The number of halogens is 1. The number of rotatable bonds is 4. The van der Waals surface area contributed by atoms with E-state index in [0.29, 0.717) is 22.5 Å². The van der Waals surface area contributed by atoms with Crippen LogP contribution in [-0.2, 0) is 0 Å². The van der Waals surface area contributed by atoms with Crippen molar-refractivity contribution in [1.29, 1.82) is 0 Å². The van der Waals surface area contributed by atoms with Crippen LogP contribution in [0, 0.1) is 0 Å². The first-order valence-corrected chi connectivity index (χ1v) is 10.1. The molecule has 0 radical (unpaired) electrons. The van der Waals surface area contributed by atoms with Crippen molar-refractivity contribution in [1.82, 2.24) is 5.43 Å². The van der Waals surface area contributed by atoms with Gasteiger partial charge in [-0.2, -0.15) is 5.10 Å². The first kappa shape index (κ1) is 20.4. The van der Waals surface area contributed by atoms with Gasteiger partial charge in [-0.3, -0.25) is 4.79 Å². The zero-order chi connectivity index (χ0) is 20.5. The van der Waals surface area contributed by atoms with Gasteiger partial charge in [-0.15, -0.1) is 0 Å². The van der Waals surface area contributed by atoms with Crippen LogP contribution < -0.4 is 10.3 Å². The van der Waals surface area contributed by atoms with Crippen molar-refractivity contribution >= 4 is 29.4 Å². The lowest BCUT2D eigenvalue weighted by atomic mass is 9.79. The van der Waals surface area contributed by atoms with Gasteiger partial charge in [-0.1, -0.05) is 36.7 Å². The highest BCUT2D eigenvalue weighted by Gasteiger charge is 2.37. The van der Waals surface area contributed by atoms with Gasteiger partial charge in [-0.05, 0) is 75.4 Å². The summed E-state index contributed by atoms with van der Waals surface area (Å²) in [4.78, 5) is 14.7. The molecule has 1 N–H and O–H groups in total. The number of anilines is 1. The third kappa shape index (κ3) is 4.07. The summed E-state index contributed by atoms with van der Waals surface area (Å²) in [7, 11) is 0. The number of amides is 1.